The fraction of sp³-hybridized carbons (Fsp3) is 1.00. The van der Waals surface area contributed by atoms with Gasteiger partial charge in [0.2, 0.25) is 0 Å². The first-order valence-electron chi connectivity index (χ1n) is 9.56. The van der Waals surface area contributed by atoms with Gasteiger partial charge < -0.3 is 4.74 Å². The summed E-state index contributed by atoms with van der Waals surface area (Å²) in [6.45, 7) is 8.94. The molecule has 1 nitrogen and oxygen atoms in total. The van der Waals surface area contributed by atoms with E-state index in [1.807, 2.05) is 0 Å². The van der Waals surface area contributed by atoms with E-state index in [0.29, 0.717) is 22.3 Å². The molecule has 118 valence electrons. The van der Waals surface area contributed by atoms with Gasteiger partial charge in [-0.2, -0.15) is 0 Å². The molecular formula is C20H32O. The van der Waals surface area contributed by atoms with E-state index < -0.39 is 0 Å². The third kappa shape index (κ3) is 1.53. The molecule has 0 aromatic heterocycles. The largest absolute Gasteiger partial charge is 0.378 e. The normalized spacial score (nSPS) is 60.4. The minimum atomic E-state index is 0.584. The van der Waals surface area contributed by atoms with Crippen molar-refractivity contribution in [3.05, 3.63) is 0 Å². The van der Waals surface area contributed by atoms with Gasteiger partial charge in [0, 0.05) is 0 Å². The molecule has 1 saturated heterocycles. The van der Waals surface area contributed by atoms with Crippen LogP contribution in [0.5, 0.6) is 0 Å². The first-order valence-corrected chi connectivity index (χ1v) is 9.56. The second kappa shape index (κ2) is 3.89. The Labute approximate surface area is 130 Å². The summed E-state index contributed by atoms with van der Waals surface area (Å²) in [5.41, 5.74) is 1.90. The molecule has 1 heteroatoms. The lowest BCUT2D eigenvalue weighted by atomic mass is 9.36. The molecule has 1 aliphatic heterocycles. The van der Waals surface area contributed by atoms with Gasteiger partial charge in [-0.05, 0) is 84.9 Å². The van der Waals surface area contributed by atoms with E-state index in [1.54, 1.807) is 0 Å². The maximum absolute atomic E-state index is 6.16. The third-order valence-corrected chi connectivity index (χ3v) is 9.13. The van der Waals surface area contributed by atoms with Crippen molar-refractivity contribution >= 4 is 0 Å². The van der Waals surface area contributed by atoms with E-state index in [2.05, 4.69) is 20.8 Å². The molecule has 21 heavy (non-hydrogen) atoms. The van der Waals surface area contributed by atoms with Gasteiger partial charge in [0.1, 0.15) is 0 Å². The quantitative estimate of drug-likeness (QED) is 0.606. The Kier molecular flexibility index (Phi) is 2.48. The molecule has 4 bridgehead atoms. The van der Waals surface area contributed by atoms with Crippen molar-refractivity contribution in [1.29, 1.82) is 0 Å². The monoisotopic (exact) mass is 288 g/mol. The van der Waals surface area contributed by atoms with Crippen LogP contribution < -0.4 is 0 Å². The van der Waals surface area contributed by atoms with Crippen molar-refractivity contribution in [1.82, 2.24) is 0 Å². The van der Waals surface area contributed by atoms with Crippen LogP contribution in [0.25, 0.3) is 0 Å². The van der Waals surface area contributed by atoms with Gasteiger partial charge in [-0.25, -0.2) is 0 Å². The number of hydrogen-bond acceptors (Lipinski definition) is 1. The minimum Gasteiger partial charge on any atom is -0.378 e. The fourth-order valence-electron chi connectivity index (χ4n) is 8.46. The van der Waals surface area contributed by atoms with Crippen LogP contribution in [-0.2, 0) is 4.74 Å². The smallest absolute Gasteiger partial charge is 0.0612 e. The second-order valence-electron chi connectivity index (χ2n) is 10.3. The molecule has 7 unspecified atom stereocenters. The molecule has 7 atom stereocenters. The summed E-state index contributed by atoms with van der Waals surface area (Å²) in [5, 5.41) is 0. The zero-order valence-electron chi connectivity index (χ0n) is 14.2. The Morgan fingerprint density at radius 2 is 1.81 bits per heavy atom. The SMILES string of the molecule is CC1(C)CCCC2(C)C1CCC13CC4COC(C1)C4CC32. The van der Waals surface area contributed by atoms with Gasteiger partial charge in [-0.3, -0.25) is 0 Å². The fourth-order valence-corrected chi connectivity index (χ4v) is 8.46. The maximum atomic E-state index is 6.16. The Balaban J connectivity index is 1.56. The summed E-state index contributed by atoms with van der Waals surface area (Å²) in [6, 6.07) is 0. The van der Waals surface area contributed by atoms with Crippen molar-refractivity contribution in [2.24, 2.45) is 39.9 Å². The van der Waals surface area contributed by atoms with E-state index in [9.17, 15) is 0 Å². The molecule has 0 amide bonds. The van der Waals surface area contributed by atoms with Crippen molar-refractivity contribution in [3.63, 3.8) is 0 Å². The van der Waals surface area contributed by atoms with Gasteiger partial charge in [0.05, 0.1) is 12.7 Å². The van der Waals surface area contributed by atoms with Crippen LogP contribution in [-0.4, -0.2) is 12.7 Å². The van der Waals surface area contributed by atoms with E-state index >= 15 is 0 Å². The molecule has 0 radical (unpaired) electrons. The van der Waals surface area contributed by atoms with Gasteiger partial charge >= 0.3 is 0 Å². The Morgan fingerprint density at radius 3 is 2.62 bits per heavy atom. The van der Waals surface area contributed by atoms with Crippen LogP contribution in [0.2, 0.25) is 0 Å². The molecule has 1 heterocycles. The van der Waals surface area contributed by atoms with Crippen molar-refractivity contribution in [2.75, 3.05) is 6.61 Å². The lowest BCUT2D eigenvalue weighted by Crippen LogP contribution is -2.62. The highest BCUT2D eigenvalue weighted by Crippen LogP contribution is 2.73. The van der Waals surface area contributed by atoms with Crippen LogP contribution in [0.1, 0.15) is 72.1 Å². The van der Waals surface area contributed by atoms with Crippen molar-refractivity contribution in [3.8, 4) is 0 Å². The molecule has 6 fully saturated rings. The van der Waals surface area contributed by atoms with Crippen LogP contribution in [0.15, 0.2) is 0 Å². The molecule has 6 aliphatic rings. The summed E-state index contributed by atoms with van der Waals surface area (Å²) in [5.74, 6) is 3.85. The summed E-state index contributed by atoms with van der Waals surface area (Å²) in [7, 11) is 0. The average molecular weight is 288 g/mol. The summed E-state index contributed by atoms with van der Waals surface area (Å²) < 4.78 is 6.16. The van der Waals surface area contributed by atoms with Gasteiger partial charge in [-0.15, -0.1) is 0 Å². The molecule has 0 N–H and O–H groups in total. The highest BCUT2D eigenvalue weighted by atomic mass is 16.5. The highest BCUT2D eigenvalue weighted by Gasteiger charge is 2.67. The molecule has 0 aromatic rings. The van der Waals surface area contributed by atoms with Gasteiger partial charge in [0.15, 0.2) is 0 Å². The summed E-state index contributed by atoms with van der Waals surface area (Å²) in [6.07, 6.45) is 12.6. The van der Waals surface area contributed by atoms with Crippen LogP contribution in [0.4, 0.5) is 0 Å². The number of hydrogen-bond donors (Lipinski definition) is 0. The van der Waals surface area contributed by atoms with E-state index in [4.69, 9.17) is 4.74 Å². The van der Waals surface area contributed by atoms with E-state index in [1.165, 1.54) is 51.4 Å². The molecule has 6 rings (SSSR count). The van der Waals surface area contributed by atoms with E-state index in [-0.39, 0.29) is 0 Å². The molecule has 0 aromatic carbocycles. The molecule has 1 spiro atoms. The highest BCUT2D eigenvalue weighted by molar-refractivity contribution is 5.16. The van der Waals surface area contributed by atoms with Crippen LogP contribution in [0.3, 0.4) is 0 Å². The van der Waals surface area contributed by atoms with Crippen molar-refractivity contribution in [2.45, 2.75) is 78.2 Å². The predicted molar refractivity (Wildman–Crippen MR) is 85.0 cm³/mol. The Hall–Kier alpha value is -0.0400. The molecule has 5 aliphatic carbocycles. The van der Waals surface area contributed by atoms with Crippen LogP contribution in [0, 0.1) is 39.9 Å². The zero-order chi connectivity index (χ0) is 14.5. The lowest BCUT2D eigenvalue weighted by Gasteiger charge is -2.68. The minimum absolute atomic E-state index is 0.584. The summed E-state index contributed by atoms with van der Waals surface area (Å²) in [4.78, 5) is 0. The summed E-state index contributed by atoms with van der Waals surface area (Å²) >= 11 is 0. The first-order chi connectivity index (χ1) is 9.95. The Bertz CT molecular complexity index is 452. The topological polar surface area (TPSA) is 9.23 Å². The predicted octanol–water partition coefficient (Wildman–Crippen LogP) is 5.04. The number of rotatable bonds is 0. The molecule has 5 saturated carbocycles. The molecular weight excluding hydrogens is 256 g/mol. The number of ether oxygens (including phenoxy) is 1. The maximum Gasteiger partial charge on any atom is 0.0612 e. The number of fused-ring (bicyclic) bond motifs is 1. The Morgan fingerprint density at radius 1 is 0.952 bits per heavy atom. The average Bonchev–Trinajstić information content (AvgIpc) is 2.71. The van der Waals surface area contributed by atoms with Gasteiger partial charge in [0.25, 0.3) is 0 Å². The second-order valence-corrected chi connectivity index (χ2v) is 10.3. The van der Waals surface area contributed by atoms with Crippen LogP contribution >= 0.6 is 0 Å². The van der Waals surface area contributed by atoms with E-state index in [0.717, 1.165) is 30.3 Å². The lowest BCUT2D eigenvalue weighted by molar-refractivity contribution is -0.196. The van der Waals surface area contributed by atoms with Gasteiger partial charge in [-0.1, -0.05) is 27.2 Å². The first kappa shape index (κ1) is 13.4. The van der Waals surface area contributed by atoms with Crippen molar-refractivity contribution < 1.29 is 4.74 Å². The third-order valence-electron chi connectivity index (χ3n) is 9.13. The standard InChI is InChI=1S/C20H32O/c1-18(2)6-4-7-19(3)16(18)5-8-20-10-13-12-21-15(11-20)14(13)9-17(19)20/h13-17H,4-12H2,1-3H3. The zero-order valence-corrected chi connectivity index (χ0v) is 14.2.